The molecule has 4 aliphatic rings. The molecule has 55 heteroatoms. The maximum atomic E-state index is 16.9. The van der Waals surface area contributed by atoms with Crippen LogP contribution < -0.4 is 37.2 Å². The van der Waals surface area contributed by atoms with Crippen LogP contribution in [0.5, 0.6) is 0 Å². The van der Waals surface area contributed by atoms with E-state index in [9.17, 15) is 29.7 Å². The van der Waals surface area contributed by atoms with Gasteiger partial charge in [0.15, 0.2) is 130 Å². The number of hydrogen-bond acceptors (Lipinski definition) is 37. The van der Waals surface area contributed by atoms with E-state index in [0.29, 0.717) is 22.3 Å². The van der Waals surface area contributed by atoms with Crippen molar-refractivity contribution in [3.05, 3.63) is 194 Å². The van der Waals surface area contributed by atoms with Crippen LogP contribution in [0.3, 0.4) is 0 Å². The van der Waals surface area contributed by atoms with Crippen molar-refractivity contribution in [1.82, 2.24) is 88.3 Å². The summed E-state index contributed by atoms with van der Waals surface area (Å²) in [6.07, 6.45) is -13.6. The number of imidazole rings is 4. The molecule has 43 nitrogen and oxygen atoms in total. The van der Waals surface area contributed by atoms with Crippen molar-refractivity contribution >= 4 is 166 Å². The first-order valence-electron chi connectivity index (χ1n) is 41.5. The molecule has 20 atom stereocenters. The number of rotatable bonds is 40. The maximum Gasteiger partial charge on any atom is 0.522 e. The van der Waals surface area contributed by atoms with Gasteiger partial charge in [-0.15, -0.1) is 18.1 Å². The van der Waals surface area contributed by atoms with Gasteiger partial charge in [0.05, 0.1) is 94.6 Å². The van der Waals surface area contributed by atoms with Crippen LogP contribution in [0.4, 0.5) is 40.8 Å². The topological polar surface area (TPSA) is 547 Å². The highest BCUT2D eigenvalue weighted by atomic mass is 32.5. The summed E-state index contributed by atoms with van der Waals surface area (Å²) in [5.74, 6) is -1.53. The number of nitrogens with two attached hydrogens (primary N) is 1. The fraction of sp³-hybridized carbons (Fsp3) is 0.358. The lowest BCUT2D eigenvalue weighted by Gasteiger charge is -2.29. The Labute approximate surface area is 791 Å². The Morgan fingerprint density at radius 1 is 0.412 bits per heavy atom. The summed E-state index contributed by atoms with van der Waals surface area (Å²) in [5, 5.41) is 53.6. The Bertz CT molecular complexity index is 6220. The number of anilines is 4. The van der Waals surface area contributed by atoms with Gasteiger partial charge >= 0.3 is 14.3 Å². The fourth-order valence-electron chi connectivity index (χ4n) is 14.6. The average Bonchev–Trinajstić information content (AvgIpc) is 1.63. The number of alkyl halides is 4. The van der Waals surface area contributed by atoms with Gasteiger partial charge in [-0.05, 0) is 78.6 Å². The zero-order valence-corrected chi connectivity index (χ0v) is 77.7. The van der Waals surface area contributed by atoms with Gasteiger partial charge in [-0.2, -0.15) is 21.0 Å². The summed E-state index contributed by atoms with van der Waals surface area (Å²) in [6.45, 7) is -7.41. The Balaban J connectivity index is 0.000000207. The minimum Gasteiger partial charge on any atom is -0.349 e. The van der Waals surface area contributed by atoms with E-state index in [4.69, 9.17) is 119 Å². The second-order valence-electron chi connectivity index (χ2n) is 29.6. The van der Waals surface area contributed by atoms with Gasteiger partial charge in [0.25, 0.3) is 36.9 Å². The molecule has 16 rings (SSSR count). The third kappa shape index (κ3) is 22.9. The normalized spacial score (nSPS) is 23.5. The van der Waals surface area contributed by atoms with E-state index in [-0.39, 0.29) is 146 Å². The minimum absolute atomic E-state index is 0.000754. The number of carbonyl (C=O) groups is 4. The van der Waals surface area contributed by atoms with E-state index >= 15 is 17.6 Å². The zero-order valence-electron chi connectivity index (χ0n) is 70.9. The first-order valence-corrected chi connectivity index (χ1v) is 51.1. The molecule has 12 aromatic rings. The highest BCUT2D eigenvalue weighted by Gasteiger charge is 2.56. The third-order valence-corrected chi connectivity index (χ3v) is 28.9. The number of fused-ring (bicyclic) bond motifs is 4. The van der Waals surface area contributed by atoms with Crippen LogP contribution >= 0.6 is 27.6 Å². The van der Waals surface area contributed by atoms with Gasteiger partial charge < -0.3 is 64.0 Å². The summed E-state index contributed by atoms with van der Waals surface area (Å²) in [7, 11) is -4.35. The standard InChI is InChI=1S/C41H39F2N13O8P2S2.C40H38F2N14O8P2S2/c1-2-26-33(29(43)41(61-26)56-23-51-31-35(47-21-49-37(31)56)54-39(58)25-13-7-4-8-14-25)64-66(68,60-18-10-16-45)52-19-27-32(63-65(67)59-17-9-15-44)28(42)40(62-27)55-22-50-30-34(46-20-48-36(30)55)53-38(57)24-11-5-3-6-12-24;41-27-31(63-65(67)59-15-7-13-43)26(62-39(27)55-21-50-29-33(46-19-48-35(29)55)53-37(57)23-9-3-1-4-10-23)18-52-66(68,60-16-8-14-44)64-32-25(17-45)61-40(28(32)42)56-22-51-30-34(47-20-49-36(30)56)54-38(58)24-11-5-2-6-12-24/h3-8,11-14,20-23,26-29,32-33,40-41H,2,9-10,17-19H2,1H3,(H2-,46,47,48,49,52,53,54,57,58,68);1-6,9-12,19-22,25-28,31-32,39-40H,7-8,15-18,45H2,(H2-,46,47,48,49,52,53,54,57,58,68)/p+2/t26-,27-,28-,29-,32-,33-,40-,41-,66?;25-,26-,27-,28-,31-,32-,39-,40-,66?/m11/s1. The van der Waals surface area contributed by atoms with Gasteiger partial charge in [-0.25, -0.2) is 87.5 Å². The number of hydrogen-bond donors (Lipinski definition) is 7. The smallest absolute Gasteiger partial charge is 0.349 e. The number of halogens is 4. The monoisotopic (exact) mass is 2010 g/mol. The number of nitrogens with zero attached hydrogens (tertiary/aromatic N) is 20. The van der Waals surface area contributed by atoms with E-state index in [1.54, 1.807) is 128 Å². The molecule has 4 amide bonds. The summed E-state index contributed by atoms with van der Waals surface area (Å²) >= 11 is 22.6. The van der Waals surface area contributed by atoms with Crippen LogP contribution in [0.15, 0.2) is 172 Å². The van der Waals surface area contributed by atoms with Crippen molar-refractivity contribution in [1.29, 1.82) is 21.0 Å². The van der Waals surface area contributed by atoms with Gasteiger partial charge in [-0.3, -0.25) is 37.4 Å². The maximum absolute atomic E-state index is 16.9. The van der Waals surface area contributed by atoms with Gasteiger partial charge in [0.1, 0.15) is 69.0 Å². The molecule has 4 aliphatic heterocycles. The van der Waals surface area contributed by atoms with Crippen molar-refractivity contribution in [2.24, 2.45) is 5.73 Å². The van der Waals surface area contributed by atoms with Crippen LogP contribution in [0, 0.1) is 45.3 Å². The molecule has 4 saturated heterocycles. The first-order chi connectivity index (χ1) is 66.0. The summed E-state index contributed by atoms with van der Waals surface area (Å²) < 4.78 is 145. The Kier molecular flexibility index (Phi) is 33.5. The molecular weight excluding hydrogens is 1940 g/mol. The molecule has 0 aliphatic carbocycles. The average molecular weight is 2010 g/mol. The number of ether oxygens (including phenoxy) is 4. The highest BCUT2D eigenvalue weighted by Crippen LogP contribution is 2.54. The molecule has 8 aromatic heterocycles. The van der Waals surface area contributed by atoms with Crippen LogP contribution in [-0.4, -0.2) is 221 Å². The molecule has 12 heterocycles. The number of amides is 4. The van der Waals surface area contributed by atoms with Crippen LogP contribution in [0.25, 0.3) is 44.7 Å². The predicted octanol–water partition coefficient (Wildman–Crippen LogP) is 11.1. The molecule has 0 spiro atoms. The third-order valence-electron chi connectivity index (χ3n) is 21.0. The second-order valence-corrected chi connectivity index (χ2v) is 39.6. The fourth-order valence-corrected chi connectivity index (χ4v) is 21.7. The molecule has 8 N–H and O–H groups in total. The van der Waals surface area contributed by atoms with Crippen molar-refractivity contribution in [2.45, 2.75) is 137 Å². The summed E-state index contributed by atoms with van der Waals surface area (Å²) in [5.41, 5.74) is 8.68. The Morgan fingerprint density at radius 3 is 0.971 bits per heavy atom. The Hall–Kier alpha value is -11.6. The lowest BCUT2D eigenvalue weighted by molar-refractivity contribution is -0.0233. The summed E-state index contributed by atoms with van der Waals surface area (Å²) in [6, 6.07) is 41.6. The number of aromatic nitrogens is 16. The zero-order chi connectivity index (χ0) is 95.6. The molecule has 0 radical (unpaired) electrons. The molecule has 4 fully saturated rings. The SMILES string of the molecule is CC[C@H]1O[C@@H](n2cnc3c(NC(=O)c4ccccc4)ncnc32)[C@H](F)[C@@H]1OP(=S)(NC[C@H]1O[C@@H](n2cnc3c(NC(=O)c4ccccc4)ncnc32)[C@H](F)[C@@H]1O[P+](=S)OCCC#N)OCCC#N.N#CCCO[P+](=S)O[C@H]1[C@@H](F)[C@H](n2cnc3c(NC(=O)c4ccccc4)ncnc32)O[C@@H]1CNP(=S)(OCCC#N)O[C@H]1[C@@H](F)[C@H](n2cnc3c(NC(=O)c4ccccc4)ncnc32)O[C@@H]1CN. The minimum atomic E-state index is -3.88. The molecule has 0 bridgehead atoms. The van der Waals surface area contributed by atoms with Crippen molar-refractivity contribution in [2.75, 3.05) is 67.3 Å². The number of benzene rings is 4. The number of nitriles is 4. The second kappa shape index (κ2) is 46.0. The molecule has 0 saturated carbocycles. The van der Waals surface area contributed by atoms with E-state index in [0.717, 1.165) is 0 Å². The lowest BCUT2D eigenvalue weighted by Crippen LogP contribution is -2.40. The summed E-state index contributed by atoms with van der Waals surface area (Å²) in [4.78, 5) is 103. The first kappa shape index (κ1) is 98.9. The highest BCUT2D eigenvalue weighted by molar-refractivity contribution is 8.09. The van der Waals surface area contributed by atoms with Crippen LogP contribution in [-0.2, 0) is 102 Å². The predicted molar refractivity (Wildman–Crippen MR) is 491 cm³/mol. The molecule has 704 valence electrons. The molecule has 136 heavy (non-hydrogen) atoms. The van der Waals surface area contributed by atoms with E-state index in [1.165, 1.54) is 68.9 Å². The lowest BCUT2D eigenvalue weighted by atomic mass is 10.1. The van der Waals surface area contributed by atoms with Gasteiger partial charge in [0.2, 0.25) is 23.6 Å². The number of nitrogens with one attached hydrogen (secondary N) is 6. The van der Waals surface area contributed by atoms with Gasteiger partial charge in [-0.1, -0.05) is 79.7 Å². The Morgan fingerprint density at radius 2 is 0.684 bits per heavy atom. The largest absolute Gasteiger partial charge is 0.522 e. The van der Waals surface area contributed by atoms with Crippen LogP contribution in [0.1, 0.15) is 105 Å². The van der Waals surface area contributed by atoms with E-state index in [1.807, 2.05) is 24.3 Å². The van der Waals surface area contributed by atoms with Crippen molar-refractivity contribution in [3.63, 3.8) is 0 Å². The quantitative estimate of drug-likeness (QED) is 0.0107. The number of carbonyl (C=O) groups excluding carboxylic acids is 4. The van der Waals surface area contributed by atoms with Crippen molar-refractivity contribution < 1.29 is 91.9 Å². The molecule has 4 aromatic carbocycles. The van der Waals surface area contributed by atoms with Gasteiger partial charge in [0, 0.05) is 41.9 Å². The van der Waals surface area contributed by atoms with E-state index in [2.05, 4.69) is 91.2 Å². The molecule has 4 unspecified atom stereocenters. The van der Waals surface area contributed by atoms with E-state index < -0.39 is 150 Å². The van der Waals surface area contributed by atoms with Crippen LogP contribution in [0.2, 0.25) is 0 Å². The molecular formula is C81H79F4N27O16P4S4+2. The van der Waals surface area contributed by atoms with Crippen molar-refractivity contribution in [3.8, 4) is 24.3 Å².